The number of hydrogen-bond acceptors (Lipinski definition) is 7. The Hall–Kier alpha value is -3.50. The normalized spacial score (nSPS) is 28.4. The number of fused-ring (bicyclic) bond motifs is 3. The molecular formula is C39H52N8O2. The van der Waals surface area contributed by atoms with E-state index in [1.54, 1.807) is 0 Å². The molecule has 5 fully saturated rings. The van der Waals surface area contributed by atoms with E-state index in [0.29, 0.717) is 38.0 Å². The van der Waals surface area contributed by atoms with E-state index in [-0.39, 0.29) is 29.3 Å². The molecule has 2 amide bonds. The van der Waals surface area contributed by atoms with Crippen LogP contribution < -0.4 is 15.5 Å². The number of hydrogen-bond donors (Lipinski definition) is 2. The zero-order valence-corrected chi connectivity index (χ0v) is 29.5. The molecular weight excluding hydrogens is 612 g/mol. The van der Waals surface area contributed by atoms with Gasteiger partial charge in [0.25, 0.3) is 0 Å². The maximum absolute atomic E-state index is 14.9. The zero-order valence-electron chi connectivity index (χ0n) is 29.5. The van der Waals surface area contributed by atoms with Crippen molar-refractivity contribution in [1.82, 2.24) is 29.7 Å². The minimum atomic E-state index is -0.582. The summed E-state index contributed by atoms with van der Waals surface area (Å²) in [5.41, 5.74) is 5.19. The third-order valence-electron chi connectivity index (χ3n) is 12.9. The topological polar surface area (TPSA) is 98.6 Å². The quantitative estimate of drug-likeness (QED) is 0.346. The van der Waals surface area contributed by atoms with E-state index in [0.717, 1.165) is 71.7 Å². The van der Waals surface area contributed by atoms with Crippen LogP contribution in [0.2, 0.25) is 0 Å². The molecule has 9 rings (SSSR count). The van der Waals surface area contributed by atoms with Crippen LogP contribution in [-0.4, -0.2) is 93.5 Å². The Labute approximate surface area is 290 Å². The molecule has 3 aromatic rings. The number of aromatic nitrogens is 3. The molecule has 0 unspecified atom stereocenters. The number of nitrogens with one attached hydrogen (secondary N) is 2. The molecule has 2 aromatic heterocycles. The lowest BCUT2D eigenvalue weighted by Crippen LogP contribution is -2.59. The van der Waals surface area contributed by atoms with Crippen molar-refractivity contribution in [2.75, 3.05) is 49.5 Å². The Balaban J connectivity index is 1.06. The molecule has 3 saturated heterocycles. The van der Waals surface area contributed by atoms with E-state index < -0.39 is 5.41 Å². The van der Waals surface area contributed by atoms with Crippen LogP contribution in [0.3, 0.4) is 0 Å². The van der Waals surface area contributed by atoms with Gasteiger partial charge in [-0.25, -0.2) is 9.97 Å². The summed E-state index contributed by atoms with van der Waals surface area (Å²) < 4.78 is 2.21. The molecule has 10 nitrogen and oxygen atoms in total. The molecule has 260 valence electrons. The first-order valence-corrected chi connectivity index (χ1v) is 19.1. The molecule has 2 aliphatic carbocycles. The van der Waals surface area contributed by atoms with E-state index in [2.05, 4.69) is 70.0 Å². The first kappa shape index (κ1) is 31.5. The molecule has 1 atom stereocenters. The van der Waals surface area contributed by atoms with E-state index in [4.69, 9.17) is 9.97 Å². The van der Waals surface area contributed by atoms with Gasteiger partial charge in [-0.05, 0) is 116 Å². The van der Waals surface area contributed by atoms with Gasteiger partial charge in [0.1, 0.15) is 5.52 Å². The summed E-state index contributed by atoms with van der Waals surface area (Å²) in [5.74, 6) is 1.39. The van der Waals surface area contributed by atoms with Crippen LogP contribution in [0.25, 0.3) is 22.3 Å². The van der Waals surface area contributed by atoms with Gasteiger partial charge in [0, 0.05) is 55.1 Å². The first-order valence-electron chi connectivity index (χ1n) is 19.1. The molecule has 1 spiro atoms. The van der Waals surface area contributed by atoms with E-state index in [1.165, 1.54) is 45.2 Å². The molecule has 6 aliphatic rings. The van der Waals surface area contributed by atoms with Crippen LogP contribution in [0, 0.1) is 5.41 Å². The second-order valence-electron chi connectivity index (χ2n) is 16.5. The van der Waals surface area contributed by atoms with Gasteiger partial charge in [-0.3, -0.25) is 9.59 Å². The Morgan fingerprint density at radius 1 is 1.00 bits per heavy atom. The molecule has 2 saturated carbocycles. The zero-order chi connectivity index (χ0) is 33.5. The first-order chi connectivity index (χ1) is 23.7. The summed E-state index contributed by atoms with van der Waals surface area (Å²) in [6.45, 7) is 11.7. The number of carbonyl (C=O) groups is 2. The number of carbonyl (C=O) groups excluding carboxylic acids is 2. The predicted molar refractivity (Wildman–Crippen MR) is 193 cm³/mol. The minimum Gasteiger partial charge on any atom is -0.366 e. The van der Waals surface area contributed by atoms with Gasteiger partial charge < -0.3 is 29.9 Å². The van der Waals surface area contributed by atoms with Gasteiger partial charge in [0.2, 0.25) is 11.8 Å². The van der Waals surface area contributed by atoms with Crippen LogP contribution in [0.4, 0.5) is 11.5 Å². The average molecular weight is 665 g/mol. The highest BCUT2D eigenvalue weighted by molar-refractivity contribution is 6.09. The number of anilines is 2. The Morgan fingerprint density at radius 3 is 2.47 bits per heavy atom. The number of piperidine rings is 2. The molecule has 1 aromatic carbocycles. The SMILES string of the molecule is CC(C)n1cnc2cc(-c3ccc4c(c3)N(C3CC(N5CCCCC5)C3)C(=O)C43CCN(C(=O)[C@]4(C)CCNC4)CC3)nc(NC3CC3)c21. The molecule has 4 aliphatic heterocycles. The summed E-state index contributed by atoms with van der Waals surface area (Å²) in [6, 6.07) is 10.3. The maximum atomic E-state index is 14.9. The van der Waals surface area contributed by atoms with E-state index in [9.17, 15) is 9.59 Å². The number of nitrogens with zero attached hydrogens (tertiary/aromatic N) is 6. The maximum Gasteiger partial charge on any atom is 0.238 e. The predicted octanol–water partition coefficient (Wildman–Crippen LogP) is 5.48. The lowest BCUT2D eigenvalue weighted by Gasteiger charge is -2.48. The van der Waals surface area contributed by atoms with E-state index in [1.807, 2.05) is 11.2 Å². The van der Waals surface area contributed by atoms with Crippen LogP contribution in [-0.2, 0) is 15.0 Å². The van der Waals surface area contributed by atoms with Gasteiger partial charge in [0.05, 0.1) is 28.4 Å². The van der Waals surface area contributed by atoms with Crippen molar-refractivity contribution in [3.63, 3.8) is 0 Å². The number of rotatable bonds is 7. The third-order valence-corrected chi connectivity index (χ3v) is 12.9. The van der Waals surface area contributed by atoms with Crippen molar-refractivity contribution in [2.24, 2.45) is 5.41 Å². The smallest absolute Gasteiger partial charge is 0.238 e. The average Bonchev–Trinajstić information content (AvgIpc) is 3.52. The molecule has 0 radical (unpaired) electrons. The number of benzene rings is 1. The fourth-order valence-electron chi connectivity index (χ4n) is 9.54. The largest absolute Gasteiger partial charge is 0.366 e. The summed E-state index contributed by atoms with van der Waals surface area (Å²) in [5, 5.41) is 7.08. The summed E-state index contributed by atoms with van der Waals surface area (Å²) >= 11 is 0. The van der Waals surface area contributed by atoms with Gasteiger partial charge in [0.15, 0.2) is 5.82 Å². The molecule has 2 N–H and O–H groups in total. The Kier molecular flexibility index (Phi) is 7.58. The highest BCUT2D eigenvalue weighted by Gasteiger charge is 2.56. The Bertz CT molecular complexity index is 1770. The fourth-order valence-corrected chi connectivity index (χ4v) is 9.54. The molecule has 10 heteroatoms. The van der Waals surface area contributed by atoms with Crippen LogP contribution >= 0.6 is 0 Å². The Morgan fingerprint density at radius 2 is 1.78 bits per heavy atom. The summed E-state index contributed by atoms with van der Waals surface area (Å²) in [7, 11) is 0. The number of pyridine rings is 1. The second kappa shape index (κ2) is 11.8. The van der Waals surface area contributed by atoms with E-state index >= 15 is 0 Å². The van der Waals surface area contributed by atoms with Crippen molar-refractivity contribution in [3.8, 4) is 11.3 Å². The van der Waals surface area contributed by atoms with Gasteiger partial charge in [-0.1, -0.05) is 18.6 Å². The lowest BCUT2D eigenvalue weighted by molar-refractivity contribution is -0.143. The minimum absolute atomic E-state index is 0.209. The molecule has 49 heavy (non-hydrogen) atoms. The number of likely N-dealkylation sites (tertiary alicyclic amines) is 2. The monoisotopic (exact) mass is 664 g/mol. The summed E-state index contributed by atoms with van der Waals surface area (Å²) in [4.78, 5) is 45.5. The standard InChI is InChI=1S/C39H52N8O2/c1-25(2)46-24-41-32-22-31(43-35(34(32)46)42-27-8-9-27)26-7-10-30-33(19-26)47(29-20-28(21-29)44-15-5-4-6-16-44)37(49)39(30)12-17-45(18-13-39)36(48)38(3)11-14-40-23-38/h7,10,19,22,24-25,27-29,40H,4-6,8-9,11-18,20-21,23H2,1-3H3,(H,42,43)/t28?,29?,38-/m1/s1. The van der Waals surface area contributed by atoms with Gasteiger partial charge >= 0.3 is 0 Å². The molecule has 6 heterocycles. The van der Waals surface area contributed by atoms with Crippen molar-refractivity contribution in [3.05, 3.63) is 36.2 Å². The van der Waals surface area contributed by atoms with Crippen molar-refractivity contribution in [2.45, 2.75) is 115 Å². The highest BCUT2D eigenvalue weighted by atomic mass is 16.2. The van der Waals surface area contributed by atoms with Crippen molar-refractivity contribution < 1.29 is 9.59 Å². The van der Waals surface area contributed by atoms with Crippen molar-refractivity contribution >= 4 is 34.4 Å². The lowest BCUT2D eigenvalue weighted by atomic mass is 9.72. The second-order valence-corrected chi connectivity index (χ2v) is 16.5. The highest BCUT2D eigenvalue weighted by Crippen LogP contribution is 2.52. The van der Waals surface area contributed by atoms with Gasteiger partial charge in [-0.2, -0.15) is 0 Å². The summed E-state index contributed by atoms with van der Waals surface area (Å²) in [6.07, 6.45) is 12.5. The number of imidazole rings is 1. The third kappa shape index (κ3) is 5.19. The van der Waals surface area contributed by atoms with Crippen LogP contribution in [0.5, 0.6) is 0 Å². The molecule has 0 bridgehead atoms. The van der Waals surface area contributed by atoms with Crippen LogP contribution in [0.15, 0.2) is 30.6 Å². The van der Waals surface area contributed by atoms with Gasteiger partial charge in [-0.15, -0.1) is 0 Å². The van der Waals surface area contributed by atoms with Crippen LogP contribution in [0.1, 0.15) is 96.6 Å². The van der Waals surface area contributed by atoms with Crippen molar-refractivity contribution in [1.29, 1.82) is 0 Å². The number of amides is 2. The fraction of sp³-hybridized carbons (Fsp3) is 0.641.